The molecule has 30 heavy (non-hydrogen) atoms. The quantitative estimate of drug-likeness (QED) is 0.670. The number of carbonyl (C=O) groups is 3. The number of benzene rings is 2. The van der Waals surface area contributed by atoms with Gasteiger partial charge >= 0.3 is 0 Å². The van der Waals surface area contributed by atoms with Gasteiger partial charge in [0.15, 0.2) is 5.12 Å². The van der Waals surface area contributed by atoms with Crippen LogP contribution in [0.3, 0.4) is 0 Å². The molecule has 0 aromatic heterocycles. The van der Waals surface area contributed by atoms with Crippen LogP contribution >= 0.6 is 11.8 Å². The summed E-state index contributed by atoms with van der Waals surface area (Å²) in [4.78, 5) is 38.3. The molecule has 0 radical (unpaired) electrons. The molecule has 2 atom stereocenters. The van der Waals surface area contributed by atoms with Crippen molar-refractivity contribution in [1.29, 1.82) is 0 Å². The van der Waals surface area contributed by atoms with Gasteiger partial charge in [0.2, 0.25) is 11.8 Å². The zero-order valence-corrected chi connectivity index (χ0v) is 17.4. The Kier molecular flexibility index (Phi) is 7.48. The summed E-state index contributed by atoms with van der Waals surface area (Å²) in [7, 11) is 0. The molecule has 1 heterocycles. The number of para-hydroxylation sites is 1. The number of nitrogens with zero attached hydrogens (tertiary/aromatic N) is 1. The lowest BCUT2D eigenvalue weighted by Crippen LogP contribution is -2.48. The molecule has 8 heteroatoms. The molecule has 1 fully saturated rings. The number of hydrogen-bond donors (Lipinski definition) is 2. The number of rotatable bonds is 8. The van der Waals surface area contributed by atoms with Gasteiger partial charge in [-0.15, -0.1) is 0 Å². The third-order valence-electron chi connectivity index (χ3n) is 4.64. The predicted octanol–water partition coefficient (Wildman–Crippen LogP) is 2.34. The second-order valence-electron chi connectivity index (χ2n) is 6.89. The van der Waals surface area contributed by atoms with E-state index in [-0.39, 0.29) is 43.0 Å². The molecule has 2 unspecified atom stereocenters. The molecule has 2 aromatic carbocycles. The molecule has 1 aliphatic rings. The zero-order chi connectivity index (χ0) is 21.5. The van der Waals surface area contributed by atoms with Crippen LogP contribution in [0.15, 0.2) is 54.6 Å². The second-order valence-corrected chi connectivity index (χ2v) is 8.31. The summed E-state index contributed by atoms with van der Waals surface area (Å²) in [5, 5.41) is 11.0. The van der Waals surface area contributed by atoms with Crippen LogP contribution in [0, 0.1) is 0 Å². The topological polar surface area (TPSA) is 95.9 Å². The third-order valence-corrected chi connectivity index (χ3v) is 5.70. The van der Waals surface area contributed by atoms with E-state index in [1.165, 1.54) is 11.8 Å². The normalized spacial score (nSPS) is 18.3. The van der Waals surface area contributed by atoms with Crippen molar-refractivity contribution in [3.63, 3.8) is 0 Å². The second kappa shape index (κ2) is 10.3. The highest BCUT2D eigenvalue weighted by Gasteiger charge is 2.44. The molecule has 0 bridgehead atoms. The van der Waals surface area contributed by atoms with E-state index in [0.29, 0.717) is 5.75 Å². The van der Waals surface area contributed by atoms with Gasteiger partial charge in [-0.3, -0.25) is 14.4 Å². The zero-order valence-electron chi connectivity index (χ0n) is 16.6. The monoisotopic (exact) mass is 428 g/mol. The highest BCUT2D eigenvalue weighted by molar-refractivity contribution is 8.14. The van der Waals surface area contributed by atoms with E-state index >= 15 is 0 Å². The molecule has 2 aromatic rings. The van der Waals surface area contributed by atoms with Crippen LogP contribution in [-0.2, 0) is 20.9 Å². The maximum atomic E-state index is 12.6. The van der Waals surface area contributed by atoms with Gasteiger partial charge in [-0.05, 0) is 29.8 Å². The molecule has 2 N–H and O–H groups in total. The molecule has 0 saturated carbocycles. The number of thioether (sulfide) groups is 1. The maximum absolute atomic E-state index is 12.6. The number of ether oxygens (including phenoxy) is 1. The van der Waals surface area contributed by atoms with E-state index in [0.717, 1.165) is 23.1 Å². The van der Waals surface area contributed by atoms with Crippen LogP contribution in [0.5, 0.6) is 11.5 Å². The van der Waals surface area contributed by atoms with Gasteiger partial charge in [0.1, 0.15) is 17.5 Å². The lowest BCUT2D eigenvalue weighted by atomic mass is 10.1. The first-order valence-corrected chi connectivity index (χ1v) is 10.5. The molecule has 7 nitrogen and oxygen atoms in total. The van der Waals surface area contributed by atoms with Crippen LogP contribution < -0.4 is 10.1 Å². The summed E-state index contributed by atoms with van der Waals surface area (Å²) >= 11 is 1.01. The summed E-state index contributed by atoms with van der Waals surface area (Å²) in [6.07, 6.45) is 0.122. The summed E-state index contributed by atoms with van der Waals surface area (Å²) in [5.74, 6) is 0.852. The van der Waals surface area contributed by atoms with Gasteiger partial charge in [0, 0.05) is 26.4 Å². The standard InChI is InChI=1S/C22H24N2O5S/c1-15(26)30-19-13-20(27)24(21(19)22(28)23-11-12-25)14-16-7-9-18(10-8-16)29-17-5-3-2-4-6-17/h2-10,19,21,25H,11-14H2,1H3,(H,23,28). The summed E-state index contributed by atoms with van der Waals surface area (Å²) in [6, 6.07) is 16.0. The number of amides is 2. The van der Waals surface area contributed by atoms with Crippen molar-refractivity contribution >= 4 is 28.7 Å². The molecule has 1 aliphatic heterocycles. The summed E-state index contributed by atoms with van der Waals surface area (Å²) < 4.78 is 5.78. The van der Waals surface area contributed by atoms with E-state index in [2.05, 4.69) is 5.32 Å². The van der Waals surface area contributed by atoms with Crippen LogP contribution in [0.1, 0.15) is 18.9 Å². The Morgan fingerprint density at radius 1 is 1.13 bits per heavy atom. The molecule has 1 saturated heterocycles. The van der Waals surface area contributed by atoms with Gasteiger partial charge in [-0.1, -0.05) is 42.1 Å². The van der Waals surface area contributed by atoms with E-state index in [1.807, 2.05) is 54.6 Å². The van der Waals surface area contributed by atoms with Crippen LogP contribution in [0.2, 0.25) is 0 Å². The van der Waals surface area contributed by atoms with Gasteiger partial charge in [0.25, 0.3) is 0 Å². The number of likely N-dealkylation sites (tertiary alicyclic amines) is 1. The van der Waals surface area contributed by atoms with E-state index in [1.54, 1.807) is 0 Å². The van der Waals surface area contributed by atoms with Crippen molar-refractivity contribution in [2.45, 2.75) is 31.2 Å². The molecule has 0 spiro atoms. The average molecular weight is 429 g/mol. The number of hydrogen-bond acceptors (Lipinski definition) is 6. The van der Waals surface area contributed by atoms with Crippen LogP contribution in [-0.4, -0.2) is 51.4 Å². The maximum Gasteiger partial charge on any atom is 0.244 e. The highest BCUT2D eigenvalue weighted by atomic mass is 32.2. The van der Waals surface area contributed by atoms with Crippen molar-refractivity contribution in [1.82, 2.24) is 10.2 Å². The first kappa shape index (κ1) is 21.9. The largest absolute Gasteiger partial charge is 0.457 e. The van der Waals surface area contributed by atoms with Crippen LogP contribution in [0.4, 0.5) is 0 Å². The SMILES string of the molecule is CC(=O)SC1CC(=O)N(Cc2ccc(Oc3ccccc3)cc2)C1C(=O)NCCO. The van der Waals surface area contributed by atoms with Crippen molar-refractivity contribution in [3.05, 3.63) is 60.2 Å². The minimum atomic E-state index is -0.766. The van der Waals surface area contributed by atoms with Crippen molar-refractivity contribution in [2.75, 3.05) is 13.2 Å². The van der Waals surface area contributed by atoms with Crippen molar-refractivity contribution < 1.29 is 24.2 Å². The third kappa shape index (κ3) is 5.61. The number of carbonyl (C=O) groups excluding carboxylic acids is 3. The Hall–Kier alpha value is -2.84. The van der Waals surface area contributed by atoms with Crippen LogP contribution in [0.25, 0.3) is 0 Å². The van der Waals surface area contributed by atoms with Crippen molar-refractivity contribution in [3.8, 4) is 11.5 Å². The summed E-state index contributed by atoms with van der Waals surface area (Å²) in [6.45, 7) is 1.57. The molecule has 3 rings (SSSR count). The first-order valence-electron chi connectivity index (χ1n) is 9.65. The molecule has 0 aliphatic carbocycles. The van der Waals surface area contributed by atoms with Gasteiger partial charge in [-0.25, -0.2) is 0 Å². The Labute approximate surface area is 179 Å². The first-order chi connectivity index (χ1) is 14.5. The lowest BCUT2D eigenvalue weighted by Gasteiger charge is -2.26. The predicted molar refractivity (Wildman–Crippen MR) is 114 cm³/mol. The Morgan fingerprint density at radius 3 is 2.43 bits per heavy atom. The van der Waals surface area contributed by atoms with Gasteiger partial charge < -0.3 is 20.1 Å². The minimum absolute atomic E-state index is 0.0976. The van der Waals surface area contributed by atoms with Crippen molar-refractivity contribution in [2.24, 2.45) is 0 Å². The van der Waals surface area contributed by atoms with Gasteiger partial charge in [-0.2, -0.15) is 0 Å². The van der Waals surface area contributed by atoms with E-state index in [4.69, 9.17) is 9.84 Å². The van der Waals surface area contributed by atoms with E-state index < -0.39 is 11.3 Å². The molecular weight excluding hydrogens is 404 g/mol. The number of aliphatic hydroxyl groups excluding tert-OH is 1. The highest BCUT2D eigenvalue weighted by Crippen LogP contribution is 2.32. The van der Waals surface area contributed by atoms with Gasteiger partial charge in [0.05, 0.1) is 11.9 Å². The Bertz CT molecular complexity index is 888. The fourth-order valence-electron chi connectivity index (χ4n) is 3.34. The smallest absolute Gasteiger partial charge is 0.244 e. The average Bonchev–Trinajstić information content (AvgIpc) is 3.02. The molecule has 158 valence electrons. The number of nitrogens with one attached hydrogen (secondary N) is 1. The fourth-order valence-corrected chi connectivity index (χ4v) is 4.39. The number of aliphatic hydroxyl groups is 1. The Balaban J connectivity index is 1.72. The van der Waals surface area contributed by atoms with E-state index in [9.17, 15) is 14.4 Å². The Morgan fingerprint density at radius 2 is 1.80 bits per heavy atom. The summed E-state index contributed by atoms with van der Waals surface area (Å²) in [5.41, 5.74) is 0.845. The fraction of sp³-hybridized carbons (Fsp3) is 0.318. The molecular formula is C22H24N2O5S. The molecule has 2 amide bonds. The lowest BCUT2D eigenvalue weighted by molar-refractivity contribution is -0.135. The minimum Gasteiger partial charge on any atom is -0.457 e.